The van der Waals surface area contributed by atoms with Crippen LogP contribution in [0.5, 0.6) is 0 Å². The van der Waals surface area contributed by atoms with Gasteiger partial charge in [-0.1, -0.05) is 19.3 Å². The molecule has 0 aromatic rings. The van der Waals surface area contributed by atoms with Gasteiger partial charge in [0.2, 0.25) is 10.0 Å². The van der Waals surface area contributed by atoms with Gasteiger partial charge in [0, 0.05) is 25.7 Å². The summed E-state index contributed by atoms with van der Waals surface area (Å²) in [6.45, 7) is 2.60. The zero-order valence-electron chi connectivity index (χ0n) is 13.3. The Balaban J connectivity index is 0.00000242. The molecule has 2 fully saturated rings. The summed E-state index contributed by atoms with van der Waals surface area (Å²) in [6.07, 6.45) is 9.09. The first-order valence-corrected chi connectivity index (χ1v) is 9.87. The highest BCUT2D eigenvalue weighted by molar-refractivity contribution is 14.0. The second kappa shape index (κ2) is 9.27. The van der Waals surface area contributed by atoms with Crippen LogP contribution in [-0.4, -0.2) is 51.2 Å². The van der Waals surface area contributed by atoms with E-state index in [9.17, 15) is 8.42 Å². The van der Waals surface area contributed by atoms with Gasteiger partial charge >= 0.3 is 0 Å². The molecule has 0 spiro atoms. The molecule has 0 bridgehead atoms. The fraction of sp³-hybridized carbons (Fsp3) is 0.929. The summed E-state index contributed by atoms with van der Waals surface area (Å²) in [5.74, 6) is 0.896. The predicted molar refractivity (Wildman–Crippen MR) is 101 cm³/mol. The van der Waals surface area contributed by atoms with Crippen LogP contribution in [0.15, 0.2) is 4.99 Å². The van der Waals surface area contributed by atoms with Gasteiger partial charge in [0.25, 0.3) is 0 Å². The number of hydrogen-bond acceptors (Lipinski definition) is 3. The lowest BCUT2D eigenvalue weighted by molar-refractivity contribution is 0.418. The van der Waals surface area contributed by atoms with Crippen molar-refractivity contribution in [2.75, 3.05) is 25.9 Å². The van der Waals surface area contributed by atoms with Crippen molar-refractivity contribution < 1.29 is 8.42 Å². The molecule has 2 aliphatic rings. The van der Waals surface area contributed by atoms with E-state index < -0.39 is 10.0 Å². The molecule has 1 aliphatic heterocycles. The first-order chi connectivity index (χ1) is 9.96. The summed E-state index contributed by atoms with van der Waals surface area (Å²) >= 11 is 0. The number of sulfonamides is 1. The number of nitrogens with one attached hydrogen (secondary N) is 1. The third kappa shape index (κ3) is 6.57. The topological polar surface area (TPSA) is 87.8 Å². The molecule has 130 valence electrons. The quantitative estimate of drug-likeness (QED) is 0.391. The van der Waals surface area contributed by atoms with Crippen LogP contribution in [0.25, 0.3) is 0 Å². The van der Waals surface area contributed by atoms with E-state index in [0.717, 1.165) is 32.4 Å². The fourth-order valence-electron chi connectivity index (χ4n) is 3.30. The molecular weight excluding hydrogens is 415 g/mol. The van der Waals surface area contributed by atoms with E-state index in [1.807, 2.05) is 0 Å². The van der Waals surface area contributed by atoms with E-state index >= 15 is 0 Å². The average Bonchev–Trinajstić information content (AvgIpc) is 2.66. The van der Waals surface area contributed by atoms with Crippen LogP contribution in [0.1, 0.15) is 44.9 Å². The second-order valence-electron chi connectivity index (χ2n) is 6.29. The number of halogens is 1. The Labute approximate surface area is 151 Å². The summed E-state index contributed by atoms with van der Waals surface area (Å²) in [6, 6.07) is 0.0145. The van der Waals surface area contributed by atoms with E-state index in [0.29, 0.717) is 12.5 Å². The Morgan fingerprint density at radius 1 is 1.18 bits per heavy atom. The lowest BCUT2D eigenvalue weighted by Crippen LogP contribution is -2.40. The van der Waals surface area contributed by atoms with Crippen molar-refractivity contribution in [3.05, 3.63) is 0 Å². The van der Waals surface area contributed by atoms with Crippen LogP contribution in [0.4, 0.5) is 0 Å². The Morgan fingerprint density at radius 2 is 1.82 bits per heavy atom. The lowest BCUT2D eigenvalue weighted by atomic mass is 10.1. The Kier molecular flexibility index (Phi) is 8.40. The van der Waals surface area contributed by atoms with Crippen LogP contribution in [0.2, 0.25) is 0 Å². The van der Waals surface area contributed by atoms with Crippen molar-refractivity contribution in [3.63, 3.8) is 0 Å². The minimum Gasteiger partial charge on any atom is -0.370 e. The maximum absolute atomic E-state index is 11.4. The molecule has 0 aromatic carbocycles. The van der Waals surface area contributed by atoms with Gasteiger partial charge in [-0.15, -0.1) is 24.0 Å². The zero-order chi connectivity index (χ0) is 15.3. The van der Waals surface area contributed by atoms with Gasteiger partial charge in [0.1, 0.15) is 0 Å². The third-order valence-electron chi connectivity index (χ3n) is 4.44. The van der Waals surface area contributed by atoms with Crippen LogP contribution in [0.3, 0.4) is 0 Å². The number of hydrogen-bond donors (Lipinski definition) is 2. The molecule has 2 rings (SSSR count). The summed E-state index contributed by atoms with van der Waals surface area (Å²) < 4.78 is 25.5. The standard InChI is InChI=1S/C14H28N4O2S.HI/c1-21(19,20)17-13-8-6-7-12(13)11-16-14(15)18-9-4-2-3-5-10-18;/h12-13,17H,2-11H2,1H3,(H2,15,16);1H. The van der Waals surface area contributed by atoms with E-state index in [4.69, 9.17) is 5.73 Å². The molecule has 2 atom stereocenters. The minimum absolute atomic E-state index is 0. The highest BCUT2D eigenvalue weighted by atomic mass is 127. The van der Waals surface area contributed by atoms with E-state index in [1.165, 1.54) is 31.9 Å². The number of aliphatic imine (C=N–C) groups is 1. The van der Waals surface area contributed by atoms with Crippen LogP contribution in [0, 0.1) is 5.92 Å². The second-order valence-corrected chi connectivity index (χ2v) is 8.07. The van der Waals surface area contributed by atoms with Gasteiger partial charge in [-0.2, -0.15) is 0 Å². The highest BCUT2D eigenvalue weighted by Gasteiger charge is 2.29. The summed E-state index contributed by atoms with van der Waals surface area (Å²) in [7, 11) is -3.14. The molecule has 2 unspecified atom stereocenters. The van der Waals surface area contributed by atoms with Gasteiger partial charge in [-0.05, 0) is 31.6 Å². The molecule has 3 N–H and O–H groups in total. The molecule has 0 amide bonds. The maximum Gasteiger partial charge on any atom is 0.208 e. The van der Waals surface area contributed by atoms with Crippen molar-refractivity contribution in [2.45, 2.75) is 51.0 Å². The van der Waals surface area contributed by atoms with Crippen molar-refractivity contribution in [1.82, 2.24) is 9.62 Å². The first-order valence-electron chi connectivity index (χ1n) is 7.98. The highest BCUT2D eigenvalue weighted by Crippen LogP contribution is 2.26. The molecule has 8 heteroatoms. The van der Waals surface area contributed by atoms with Crippen molar-refractivity contribution >= 4 is 40.0 Å². The SMILES string of the molecule is CS(=O)(=O)NC1CCCC1CN=C(N)N1CCCCCC1.I. The molecule has 1 saturated carbocycles. The maximum atomic E-state index is 11.4. The fourth-order valence-corrected chi connectivity index (χ4v) is 4.16. The molecule has 1 aliphatic carbocycles. The summed E-state index contributed by atoms with van der Waals surface area (Å²) in [5.41, 5.74) is 6.11. The van der Waals surface area contributed by atoms with Gasteiger partial charge in [-0.25, -0.2) is 13.1 Å². The van der Waals surface area contributed by atoms with Crippen molar-refractivity contribution in [2.24, 2.45) is 16.6 Å². The van der Waals surface area contributed by atoms with Crippen LogP contribution >= 0.6 is 24.0 Å². The van der Waals surface area contributed by atoms with Crippen LogP contribution < -0.4 is 10.5 Å². The van der Waals surface area contributed by atoms with E-state index in [-0.39, 0.29) is 35.9 Å². The Hall–Kier alpha value is -0.0900. The zero-order valence-corrected chi connectivity index (χ0v) is 16.5. The average molecular weight is 444 g/mol. The normalized spacial score (nSPS) is 27.3. The number of rotatable bonds is 4. The van der Waals surface area contributed by atoms with Crippen LogP contribution in [-0.2, 0) is 10.0 Å². The lowest BCUT2D eigenvalue weighted by Gasteiger charge is -2.23. The number of likely N-dealkylation sites (tertiary alicyclic amines) is 1. The molecule has 1 heterocycles. The van der Waals surface area contributed by atoms with Gasteiger partial charge in [0.05, 0.1) is 6.26 Å². The molecule has 6 nitrogen and oxygen atoms in total. The predicted octanol–water partition coefficient (Wildman–Crippen LogP) is 1.51. The molecule has 0 aromatic heterocycles. The number of nitrogens with zero attached hydrogens (tertiary/aromatic N) is 2. The van der Waals surface area contributed by atoms with Crippen molar-refractivity contribution in [1.29, 1.82) is 0 Å². The van der Waals surface area contributed by atoms with Gasteiger partial charge < -0.3 is 10.6 Å². The summed E-state index contributed by atoms with van der Waals surface area (Å²) in [4.78, 5) is 6.70. The third-order valence-corrected chi connectivity index (χ3v) is 5.17. The smallest absolute Gasteiger partial charge is 0.208 e. The minimum atomic E-state index is -3.14. The van der Waals surface area contributed by atoms with E-state index in [2.05, 4.69) is 14.6 Å². The number of guanidine groups is 1. The molecule has 0 radical (unpaired) electrons. The largest absolute Gasteiger partial charge is 0.370 e. The van der Waals surface area contributed by atoms with Gasteiger partial charge in [0.15, 0.2) is 5.96 Å². The number of nitrogens with two attached hydrogens (primary N) is 1. The Morgan fingerprint density at radius 3 is 2.41 bits per heavy atom. The molecule has 1 saturated heterocycles. The summed E-state index contributed by atoms with van der Waals surface area (Å²) in [5, 5.41) is 0. The molecular formula is C14H29IN4O2S. The first kappa shape index (κ1) is 20.0. The van der Waals surface area contributed by atoms with Gasteiger partial charge in [-0.3, -0.25) is 4.99 Å². The molecule has 22 heavy (non-hydrogen) atoms. The Bertz CT molecular complexity index is 461. The monoisotopic (exact) mass is 444 g/mol. The van der Waals surface area contributed by atoms with E-state index in [1.54, 1.807) is 0 Å². The van der Waals surface area contributed by atoms with Crippen molar-refractivity contribution in [3.8, 4) is 0 Å².